The Morgan fingerprint density at radius 2 is 1.70 bits per heavy atom. The van der Waals surface area contributed by atoms with E-state index >= 15 is 0 Å². The van der Waals surface area contributed by atoms with Crippen molar-refractivity contribution in [1.29, 1.82) is 0 Å². The van der Waals surface area contributed by atoms with Gasteiger partial charge in [-0.25, -0.2) is 4.68 Å². The average molecular weight is 306 g/mol. The van der Waals surface area contributed by atoms with E-state index in [4.69, 9.17) is 5.11 Å². The van der Waals surface area contributed by atoms with E-state index in [1.165, 1.54) is 4.68 Å². The summed E-state index contributed by atoms with van der Waals surface area (Å²) in [6.45, 7) is 0.564. The summed E-state index contributed by atoms with van der Waals surface area (Å²) < 4.78 is 1.48. The fourth-order valence-electron chi connectivity index (χ4n) is 2.49. The van der Waals surface area contributed by atoms with Gasteiger partial charge in [0.1, 0.15) is 0 Å². The lowest BCUT2D eigenvalue weighted by Crippen LogP contribution is -2.22. The molecule has 0 radical (unpaired) electrons. The maximum absolute atomic E-state index is 12.0. The highest BCUT2D eigenvalue weighted by molar-refractivity contribution is 5.59. The van der Waals surface area contributed by atoms with Gasteiger partial charge in [0.2, 0.25) is 0 Å². The van der Waals surface area contributed by atoms with Gasteiger partial charge in [0.25, 0.3) is 5.56 Å². The molecule has 0 atom stereocenters. The second-order valence-corrected chi connectivity index (χ2v) is 5.37. The second-order valence-electron chi connectivity index (χ2n) is 5.37. The van der Waals surface area contributed by atoms with Gasteiger partial charge in [0.05, 0.1) is 12.2 Å². The van der Waals surface area contributed by atoms with Crippen LogP contribution < -0.4 is 5.56 Å². The van der Waals surface area contributed by atoms with Gasteiger partial charge in [-0.2, -0.15) is 5.10 Å². The van der Waals surface area contributed by atoms with E-state index in [9.17, 15) is 4.79 Å². The van der Waals surface area contributed by atoms with Crippen molar-refractivity contribution in [3.63, 3.8) is 0 Å². The lowest BCUT2D eigenvalue weighted by Gasteiger charge is -2.08. The Bertz CT molecular complexity index is 841. The zero-order chi connectivity index (χ0) is 16.1. The summed E-state index contributed by atoms with van der Waals surface area (Å²) in [5.74, 6) is 0. The van der Waals surface area contributed by atoms with Crippen LogP contribution in [0.2, 0.25) is 0 Å². The number of rotatable bonds is 5. The van der Waals surface area contributed by atoms with Crippen LogP contribution in [0.4, 0.5) is 0 Å². The van der Waals surface area contributed by atoms with E-state index < -0.39 is 0 Å². The molecule has 0 spiro atoms. The van der Waals surface area contributed by atoms with Gasteiger partial charge < -0.3 is 5.11 Å². The van der Waals surface area contributed by atoms with Crippen LogP contribution >= 0.6 is 0 Å². The molecule has 0 saturated heterocycles. The minimum atomic E-state index is -0.121. The van der Waals surface area contributed by atoms with Crippen LogP contribution in [-0.4, -0.2) is 21.5 Å². The zero-order valence-corrected chi connectivity index (χ0v) is 12.7. The van der Waals surface area contributed by atoms with Crippen LogP contribution in [0.1, 0.15) is 11.1 Å². The Labute approximate surface area is 134 Å². The third kappa shape index (κ3) is 3.73. The molecule has 2 aromatic carbocycles. The second kappa shape index (κ2) is 7.03. The number of benzene rings is 2. The number of aliphatic hydroxyl groups is 1. The summed E-state index contributed by atoms with van der Waals surface area (Å²) in [5.41, 5.74) is 3.66. The number of nitrogens with zero attached hydrogens (tertiary/aromatic N) is 2. The van der Waals surface area contributed by atoms with Crippen molar-refractivity contribution in [2.75, 3.05) is 6.61 Å². The number of hydrogen-bond donors (Lipinski definition) is 1. The van der Waals surface area contributed by atoms with Crippen LogP contribution in [0.15, 0.2) is 71.5 Å². The van der Waals surface area contributed by atoms with E-state index in [0.29, 0.717) is 13.0 Å². The topological polar surface area (TPSA) is 55.1 Å². The van der Waals surface area contributed by atoms with Crippen molar-refractivity contribution in [2.45, 2.75) is 13.0 Å². The SMILES string of the molecule is O=c1ccc(-c2cccc(CCO)c2)nn1Cc1ccccc1. The van der Waals surface area contributed by atoms with Gasteiger partial charge in [-0.3, -0.25) is 4.79 Å². The molecule has 1 heterocycles. The molecule has 3 rings (SSSR count). The molecule has 4 heteroatoms. The summed E-state index contributed by atoms with van der Waals surface area (Å²) in [6.07, 6.45) is 0.609. The van der Waals surface area contributed by atoms with Crippen LogP contribution in [0.5, 0.6) is 0 Å². The zero-order valence-electron chi connectivity index (χ0n) is 12.7. The maximum atomic E-state index is 12.0. The molecule has 23 heavy (non-hydrogen) atoms. The molecule has 3 aromatic rings. The smallest absolute Gasteiger partial charge is 0.267 e. The molecule has 0 amide bonds. The van der Waals surface area contributed by atoms with Crippen molar-refractivity contribution in [1.82, 2.24) is 9.78 Å². The Kier molecular flexibility index (Phi) is 4.64. The lowest BCUT2D eigenvalue weighted by atomic mass is 10.1. The first-order valence-electron chi connectivity index (χ1n) is 7.58. The normalized spacial score (nSPS) is 10.7. The minimum absolute atomic E-state index is 0.115. The Morgan fingerprint density at radius 3 is 2.48 bits per heavy atom. The fraction of sp³-hybridized carbons (Fsp3) is 0.158. The first-order valence-corrected chi connectivity index (χ1v) is 7.58. The van der Waals surface area contributed by atoms with Gasteiger partial charge >= 0.3 is 0 Å². The highest BCUT2D eigenvalue weighted by Gasteiger charge is 2.05. The van der Waals surface area contributed by atoms with Crippen LogP contribution in [0, 0.1) is 0 Å². The molecule has 0 aliphatic carbocycles. The number of hydrogen-bond acceptors (Lipinski definition) is 3. The molecule has 0 aliphatic heterocycles. The van der Waals surface area contributed by atoms with Crippen molar-refractivity contribution in [3.8, 4) is 11.3 Å². The third-order valence-electron chi connectivity index (χ3n) is 3.67. The summed E-state index contributed by atoms with van der Waals surface area (Å²) in [7, 11) is 0. The molecule has 0 aliphatic rings. The van der Waals surface area contributed by atoms with Gasteiger partial charge in [-0.1, -0.05) is 48.5 Å². The lowest BCUT2D eigenvalue weighted by molar-refractivity contribution is 0.299. The molecule has 1 N–H and O–H groups in total. The molecule has 0 fully saturated rings. The third-order valence-corrected chi connectivity index (χ3v) is 3.67. The molecular formula is C19H18N2O2. The van der Waals surface area contributed by atoms with Crippen LogP contribution in [0.25, 0.3) is 11.3 Å². The number of aliphatic hydroxyl groups excluding tert-OH is 1. The van der Waals surface area contributed by atoms with Crippen molar-refractivity contribution in [3.05, 3.63) is 88.2 Å². The highest BCUT2D eigenvalue weighted by Crippen LogP contribution is 2.17. The predicted octanol–water partition coefficient (Wildman–Crippen LogP) is 2.49. The van der Waals surface area contributed by atoms with E-state index in [2.05, 4.69) is 5.10 Å². The fourth-order valence-corrected chi connectivity index (χ4v) is 2.49. The highest BCUT2D eigenvalue weighted by atomic mass is 16.2. The molecule has 1 aromatic heterocycles. The largest absolute Gasteiger partial charge is 0.396 e. The Hall–Kier alpha value is -2.72. The summed E-state index contributed by atoms with van der Waals surface area (Å²) in [6, 6.07) is 20.9. The first kappa shape index (κ1) is 15.2. The first-order chi connectivity index (χ1) is 11.3. The van der Waals surface area contributed by atoms with E-state index in [0.717, 1.165) is 22.4 Å². The van der Waals surface area contributed by atoms with Crippen molar-refractivity contribution < 1.29 is 5.11 Å². The molecule has 0 bridgehead atoms. The van der Waals surface area contributed by atoms with Crippen molar-refractivity contribution in [2.24, 2.45) is 0 Å². The standard InChI is InChI=1S/C19H18N2O2/c22-12-11-15-7-4-8-17(13-15)18-9-10-19(23)21(20-18)14-16-5-2-1-3-6-16/h1-10,13,22H,11-12,14H2. The van der Waals surface area contributed by atoms with Crippen molar-refractivity contribution >= 4 is 0 Å². The number of aromatic nitrogens is 2. The van der Waals surface area contributed by atoms with Crippen LogP contribution in [0.3, 0.4) is 0 Å². The summed E-state index contributed by atoms with van der Waals surface area (Å²) in [5, 5.41) is 13.5. The van der Waals surface area contributed by atoms with E-state index in [-0.39, 0.29) is 12.2 Å². The quantitative estimate of drug-likeness (QED) is 0.788. The van der Waals surface area contributed by atoms with Gasteiger partial charge in [0.15, 0.2) is 0 Å². The van der Waals surface area contributed by atoms with E-state index in [1.807, 2.05) is 54.6 Å². The maximum Gasteiger partial charge on any atom is 0.267 e. The molecule has 4 nitrogen and oxygen atoms in total. The molecule has 116 valence electrons. The Balaban J connectivity index is 1.94. The monoisotopic (exact) mass is 306 g/mol. The van der Waals surface area contributed by atoms with Gasteiger partial charge in [0, 0.05) is 18.2 Å². The minimum Gasteiger partial charge on any atom is -0.396 e. The van der Waals surface area contributed by atoms with Crippen LogP contribution in [-0.2, 0) is 13.0 Å². The summed E-state index contributed by atoms with van der Waals surface area (Å²) in [4.78, 5) is 12.0. The molecule has 0 unspecified atom stereocenters. The van der Waals surface area contributed by atoms with E-state index in [1.54, 1.807) is 12.1 Å². The van der Waals surface area contributed by atoms with Gasteiger partial charge in [-0.05, 0) is 29.7 Å². The predicted molar refractivity (Wildman–Crippen MR) is 90.3 cm³/mol. The molecule has 0 saturated carbocycles. The molecular weight excluding hydrogens is 288 g/mol. The average Bonchev–Trinajstić information content (AvgIpc) is 2.58. The Morgan fingerprint density at radius 1 is 0.913 bits per heavy atom. The summed E-state index contributed by atoms with van der Waals surface area (Å²) >= 11 is 0. The van der Waals surface area contributed by atoms with Gasteiger partial charge in [-0.15, -0.1) is 0 Å².